The van der Waals surface area contributed by atoms with E-state index in [1.54, 1.807) is 12.1 Å². The van der Waals surface area contributed by atoms with E-state index in [1.165, 1.54) is 12.1 Å². The molecule has 7 heteroatoms. The standard InChI is InChI=1S/C26H26FN3O3/c1-28-6-8-29(9-7-28)10-11-30-15-22-21(26(30)31)12-18-13-23-24(33-16-32-23)14-20(18)25(22)17-2-4-19(27)5-3-17/h2-5,12-14H,6-11,15-16H2,1H3. The summed E-state index contributed by atoms with van der Waals surface area (Å²) in [5.41, 5.74) is 3.58. The minimum Gasteiger partial charge on any atom is -0.454 e. The highest BCUT2D eigenvalue weighted by atomic mass is 19.1. The number of carbonyl (C=O) groups excluding carboxylic acids is 1. The highest BCUT2D eigenvalue weighted by molar-refractivity contribution is 6.09. The second-order valence-electron chi connectivity index (χ2n) is 9.08. The Balaban J connectivity index is 1.39. The number of benzene rings is 3. The Kier molecular flexibility index (Phi) is 4.96. The van der Waals surface area contributed by atoms with Gasteiger partial charge in [0.05, 0.1) is 0 Å². The third kappa shape index (κ3) is 3.61. The molecule has 170 valence electrons. The van der Waals surface area contributed by atoms with Crippen molar-refractivity contribution < 1.29 is 18.7 Å². The normalized spacial score (nSPS) is 18.4. The summed E-state index contributed by atoms with van der Waals surface area (Å²) in [7, 11) is 2.14. The molecule has 0 spiro atoms. The minimum absolute atomic E-state index is 0.0575. The van der Waals surface area contributed by atoms with E-state index in [2.05, 4.69) is 16.8 Å². The Bertz CT molecular complexity index is 1240. The Morgan fingerprint density at radius 2 is 1.67 bits per heavy atom. The number of nitrogens with zero attached hydrogens (tertiary/aromatic N) is 3. The van der Waals surface area contributed by atoms with Crippen LogP contribution in [0.5, 0.6) is 11.5 Å². The van der Waals surface area contributed by atoms with Gasteiger partial charge in [-0.25, -0.2) is 4.39 Å². The number of rotatable bonds is 4. The predicted molar refractivity (Wildman–Crippen MR) is 124 cm³/mol. The molecule has 3 aromatic rings. The summed E-state index contributed by atoms with van der Waals surface area (Å²) in [6.07, 6.45) is 0. The molecule has 3 aromatic carbocycles. The monoisotopic (exact) mass is 447 g/mol. The lowest BCUT2D eigenvalue weighted by Crippen LogP contribution is -2.47. The van der Waals surface area contributed by atoms with Gasteiger partial charge in [0.15, 0.2) is 11.5 Å². The first kappa shape index (κ1) is 20.4. The molecule has 1 fully saturated rings. The van der Waals surface area contributed by atoms with Crippen LogP contribution in [-0.2, 0) is 6.54 Å². The fourth-order valence-corrected chi connectivity index (χ4v) is 5.08. The smallest absolute Gasteiger partial charge is 0.254 e. The molecular weight excluding hydrogens is 421 g/mol. The van der Waals surface area contributed by atoms with Crippen molar-refractivity contribution in [3.63, 3.8) is 0 Å². The molecule has 0 aromatic heterocycles. The minimum atomic E-state index is -0.280. The number of piperazine rings is 1. The summed E-state index contributed by atoms with van der Waals surface area (Å²) >= 11 is 0. The van der Waals surface area contributed by atoms with E-state index in [4.69, 9.17) is 9.47 Å². The molecule has 0 atom stereocenters. The van der Waals surface area contributed by atoms with Gasteiger partial charge >= 0.3 is 0 Å². The van der Waals surface area contributed by atoms with Gasteiger partial charge < -0.3 is 19.3 Å². The van der Waals surface area contributed by atoms with E-state index in [0.29, 0.717) is 24.6 Å². The Hall–Kier alpha value is -3.16. The largest absolute Gasteiger partial charge is 0.454 e. The van der Waals surface area contributed by atoms with Crippen molar-refractivity contribution >= 4 is 16.7 Å². The lowest BCUT2D eigenvalue weighted by atomic mass is 9.90. The zero-order valence-electron chi connectivity index (χ0n) is 18.6. The van der Waals surface area contributed by atoms with E-state index in [0.717, 1.165) is 65.8 Å². The highest BCUT2D eigenvalue weighted by Gasteiger charge is 2.32. The number of hydrogen-bond donors (Lipinski definition) is 0. The molecule has 6 nitrogen and oxygen atoms in total. The summed E-state index contributed by atoms with van der Waals surface area (Å²) in [5, 5.41) is 1.91. The number of ether oxygens (including phenoxy) is 2. The SMILES string of the molecule is CN1CCN(CCN2Cc3c(cc4cc5c(cc4c3-c3ccc(F)cc3)OCO5)C2=O)CC1. The molecule has 0 radical (unpaired) electrons. The molecule has 0 N–H and O–H groups in total. The second-order valence-corrected chi connectivity index (χ2v) is 9.08. The first-order valence-corrected chi connectivity index (χ1v) is 11.4. The van der Waals surface area contributed by atoms with Gasteiger partial charge in [-0.2, -0.15) is 0 Å². The summed E-state index contributed by atoms with van der Waals surface area (Å²) in [6.45, 7) is 6.49. The molecule has 33 heavy (non-hydrogen) atoms. The van der Waals surface area contributed by atoms with Crippen LogP contribution in [0.3, 0.4) is 0 Å². The molecule has 6 rings (SSSR count). The van der Waals surface area contributed by atoms with Crippen LogP contribution in [0.4, 0.5) is 4.39 Å². The lowest BCUT2D eigenvalue weighted by Gasteiger charge is -2.33. The van der Waals surface area contributed by atoms with Crippen molar-refractivity contribution in [1.29, 1.82) is 0 Å². The first-order chi connectivity index (χ1) is 16.1. The molecule has 1 amide bonds. The van der Waals surface area contributed by atoms with Crippen LogP contribution in [0.15, 0.2) is 42.5 Å². The number of carbonyl (C=O) groups is 1. The highest BCUT2D eigenvalue weighted by Crippen LogP contribution is 2.44. The Labute approximate surface area is 192 Å². The van der Waals surface area contributed by atoms with Crippen LogP contribution in [-0.4, -0.2) is 73.7 Å². The van der Waals surface area contributed by atoms with E-state index < -0.39 is 0 Å². The van der Waals surface area contributed by atoms with Crippen LogP contribution in [0.1, 0.15) is 15.9 Å². The van der Waals surface area contributed by atoms with Crippen LogP contribution < -0.4 is 9.47 Å². The molecule has 1 saturated heterocycles. The lowest BCUT2D eigenvalue weighted by molar-refractivity contribution is 0.0738. The Morgan fingerprint density at radius 1 is 0.939 bits per heavy atom. The molecule has 3 aliphatic heterocycles. The molecular formula is C26H26FN3O3. The van der Waals surface area contributed by atoms with Crippen LogP contribution in [0.25, 0.3) is 21.9 Å². The van der Waals surface area contributed by atoms with Crippen molar-refractivity contribution in [2.75, 3.05) is 53.1 Å². The van der Waals surface area contributed by atoms with Crippen LogP contribution in [0, 0.1) is 5.82 Å². The second kappa shape index (κ2) is 8.01. The van der Waals surface area contributed by atoms with Crippen molar-refractivity contribution in [3.8, 4) is 22.6 Å². The third-order valence-corrected chi connectivity index (χ3v) is 7.02. The van der Waals surface area contributed by atoms with Crippen molar-refractivity contribution in [2.24, 2.45) is 0 Å². The van der Waals surface area contributed by atoms with Crippen molar-refractivity contribution in [3.05, 3.63) is 59.4 Å². The summed E-state index contributed by atoms with van der Waals surface area (Å²) in [5.74, 6) is 1.16. The van der Waals surface area contributed by atoms with Gasteiger partial charge in [-0.1, -0.05) is 12.1 Å². The molecule has 3 aliphatic rings. The van der Waals surface area contributed by atoms with E-state index in [1.807, 2.05) is 23.1 Å². The quantitative estimate of drug-likeness (QED) is 0.612. The number of halogens is 1. The zero-order valence-corrected chi connectivity index (χ0v) is 18.6. The third-order valence-electron chi connectivity index (χ3n) is 7.02. The van der Waals surface area contributed by atoms with Gasteiger partial charge in [-0.15, -0.1) is 0 Å². The fraction of sp³-hybridized carbons (Fsp3) is 0.346. The number of hydrogen-bond acceptors (Lipinski definition) is 5. The van der Waals surface area contributed by atoms with Gasteiger partial charge in [0.2, 0.25) is 6.79 Å². The topological polar surface area (TPSA) is 45.2 Å². The number of fused-ring (bicyclic) bond motifs is 3. The first-order valence-electron chi connectivity index (χ1n) is 11.4. The van der Waals surface area contributed by atoms with E-state index >= 15 is 0 Å². The van der Waals surface area contributed by atoms with Crippen LogP contribution >= 0.6 is 0 Å². The van der Waals surface area contributed by atoms with Gasteiger partial charge in [-0.3, -0.25) is 9.69 Å². The van der Waals surface area contributed by atoms with E-state index in [9.17, 15) is 9.18 Å². The number of amides is 1. The maximum absolute atomic E-state index is 13.7. The average Bonchev–Trinajstić information content (AvgIpc) is 3.40. The predicted octanol–water partition coefficient (Wildman–Crippen LogP) is 3.58. The van der Waals surface area contributed by atoms with E-state index in [-0.39, 0.29) is 18.5 Å². The Morgan fingerprint density at radius 3 is 2.42 bits per heavy atom. The summed E-state index contributed by atoms with van der Waals surface area (Å²) in [6, 6.07) is 12.4. The van der Waals surface area contributed by atoms with Gasteiger partial charge in [0.25, 0.3) is 5.91 Å². The van der Waals surface area contributed by atoms with Crippen molar-refractivity contribution in [2.45, 2.75) is 6.54 Å². The van der Waals surface area contributed by atoms with Crippen LogP contribution in [0.2, 0.25) is 0 Å². The van der Waals surface area contributed by atoms with Gasteiger partial charge in [0.1, 0.15) is 5.82 Å². The maximum Gasteiger partial charge on any atom is 0.254 e. The maximum atomic E-state index is 13.7. The molecule has 0 saturated carbocycles. The van der Waals surface area contributed by atoms with Gasteiger partial charge in [0, 0.05) is 51.4 Å². The average molecular weight is 448 g/mol. The molecule has 0 bridgehead atoms. The van der Waals surface area contributed by atoms with Gasteiger partial charge in [-0.05, 0) is 64.8 Å². The molecule has 0 aliphatic carbocycles. The molecule has 3 heterocycles. The zero-order chi connectivity index (χ0) is 22.5. The molecule has 0 unspecified atom stereocenters. The number of likely N-dealkylation sites (N-methyl/N-ethyl adjacent to an activating group) is 1. The van der Waals surface area contributed by atoms with Crippen molar-refractivity contribution in [1.82, 2.24) is 14.7 Å². The summed E-state index contributed by atoms with van der Waals surface area (Å²) in [4.78, 5) is 20.1. The summed E-state index contributed by atoms with van der Waals surface area (Å²) < 4.78 is 24.9. The fourth-order valence-electron chi connectivity index (χ4n) is 5.08.